The Balaban J connectivity index is 1.86. The van der Waals surface area contributed by atoms with Gasteiger partial charge in [0.25, 0.3) is 0 Å². The van der Waals surface area contributed by atoms with Crippen LogP contribution in [0.25, 0.3) is 0 Å². The van der Waals surface area contributed by atoms with Gasteiger partial charge < -0.3 is 0 Å². The van der Waals surface area contributed by atoms with Crippen LogP contribution in [-0.4, -0.2) is 0 Å². The van der Waals surface area contributed by atoms with Gasteiger partial charge in [0.2, 0.25) is 0 Å². The number of allylic oxidation sites excluding steroid dienone is 3. The molecule has 1 fully saturated rings. The predicted octanol–water partition coefficient (Wildman–Crippen LogP) is 6.46. The zero-order chi connectivity index (χ0) is 17.2. The summed E-state index contributed by atoms with van der Waals surface area (Å²) in [4.78, 5) is 0. The number of unbranched alkanes of at least 4 members (excludes halogenated alkanes) is 2. The van der Waals surface area contributed by atoms with Crippen LogP contribution in [0.1, 0.15) is 63.0 Å². The van der Waals surface area contributed by atoms with E-state index in [1.165, 1.54) is 38.5 Å². The average molecular weight is 324 g/mol. The Morgan fingerprint density at radius 3 is 2.58 bits per heavy atom. The summed E-state index contributed by atoms with van der Waals surface area (Å²) < 4.78 is 14.1. The Morgan fingerprint density at radius 2 is 1.92 bits per heavy atom. The molecule has 24 heavy (non-hydrogen) atoms. The number of benzene rings is 1. The molecule has 0 spiro atoms. The maximum Gasteiger partial charge on any atom is 0.139 e. The van der Waals surface area contributed by atoms with Crippen molar-refractivity contribution in [3.63, 3.8) is 0 Å². The highest BCUT2D eigenvalue weighted by Crippen LogP contribution is 2.29. The molecule has 2 rings (SSSR count). The molecule has 0 bridgehead atoms. The second-order valence-electron chi connectivity index (χ2n) is 6.81. The lowest BCUT2D eigenvalue weighted by molar-refractivity contribution is 0.357. The third kappa shape index (κ3) is 6.00. The van der Waals surface area contributed by atoms with Crippen LogP contribution in [0.3, 0.4) is 0 Å². The zero-order valence-corrected chi connectivity index (χ0v) is 14.9. The lowest BCUT2D eigenvalue weighted by Crippen LogP contribution is -2.10. The molecule has 0 amide bonds. The van der Waals surface area contributed by atoms with E-state index in [1.807, 2.05) is 18.2 Å². The van der Waals surface area contributed by atoms with E-state index in [1.54, 1.807) is 6.07 Å². The van der Waals surface area contributed by atoms with E-state index >= 15 is 0 Å². The van der Waals surface area contributed by atoms with E-state index < -0.39 is 0 Å². The van der Waals surface area contributed by atoms with Gasteiger partial charge in [-0.15, -0.1) is 6.58 Å². The summed E-state index contributed by atoms with van der Waals surface area (Å²) >= 11 is 0. The molecule has 0 nitrogen and oxygen atoms in total. The van der Waals surface area contributed by atoms with Crippen LogP contribution in [0.5, 0.6) is 0 Å². The third-order valence-electron chi connectivity index (χ3n) is 4.91. The molecular formula is C23H29F. The molecule has 0 atom stereocenters. The molecule has 1 aliphatic rings. The van der Waals surface area contributed by atoms with Gasteiger partial charge in [-0.2, -0.15) is 0 Å². The van der Waals surface area contributed by atoms with Crippen molar-refractivity contribution < 1.29 is 4.39 Å². The lowest BCUT2D eigenvalue weighted by Gasteiger charge is -2.23. The topological polar surface area (TPSA) is 0 Å². The average Bonchev–Trinajstić information content (AvgIpc) is 2.61. The molecule has 0 aliphatic heterocycles. The summed E-state index contributed by atoms with van der Waals surface area (Å²) in [6, 6.07) is 5.45. The Kier molecular flexibility index (Phi) is 7.83. The van der Waals surface area contributed by atoms with Crippen molar-refractivity contribution in [2.24, 2.45) is 11.8 Å². The highest BCUT2D eigenvalue weighted by molar-refractivity contribution is 5.39. The molecule has 1 heteroatoms. The van der Waals surface area contributed by atoms with Crippen molar-refractivity contribution in [2.45, 2.75) is 58.3 Å². The van der Waals surface area contributed by atoms with Crippen LogP contribution in [0.2, 0.25) is 0 Å². The van der Waals surface area contributed by atoms with Gasteiger partial charge in [0.15, 0.2) is 0 Å². The summed E-state index contributed by atoms with van der Waals surface area (Å²) in [5, 5.41) is 0. The molecule has 0 heterocycles. The molecule has 0 aromatic heterocycles. The van der Waals surface area contributed by atoms with Crippen molar-refractivity contribution in [1.82, 2.24) is 0 Å². The summed E-state index contributed by atoms with van der Waals surface area (Å²) in [6.45, 7) is 6.06. The Bertz CT molecular complexity index is 607. The first kappa shape index (κ1) is 18.5. The first-order valence-corrected chi connectivity index (χ1v) is 9.32. The highest BCUT2D eigenvalue weighted by atomic mass is 19.1. The van der Waals surface area contributed by atoms with Crippen LogP contribution < -0.4 is 0 Å². The van der Waals surface area contributed by atoms with E-state index in [0.29, 0.717) is 17.4 Å². The molecule has 1 aromatic carbocycles. The molecule has 128 valence electrons. The van der Waals surface area contributed by atoms with Crippen LogP contribution >= 0.6 is 0 Å². The van der Waals surface area contributed by atoms with E-state index in [-0.39, 0.29) is 5.82 Å². The zero-order valence-electron chi connectivity index (χ0n) is 14.9. The minimum atomic E-state index is -0.198. The summed E-state index contributed by atoms with van der Waals surface area (Å²) in [5.74, 6) is 7.04. The molecular weight excluding hydrogens is 295 g/mol. The molecule has 0 N–H and O–H groups in total. The SMILES string of the molecule is C=CC1CCC(/C=C/C#Cc2ccc(CCCCC)cc2F)CC1. The standard InChI is InChI=1S/C23H29F/c1-3-5-6-10-21-16-17-22(23(24)18-21)11-8-7-9-20-14-12-19(4-2)13-15-20/h4,7,9,16-20H,2-3,5-6,10,12-15H2,1H3/b9-7+. The maximum absolute atomic E-state index is 14.1. The Labute approximate surface area is 146 Å². The summed E-state index contributed by atoms with van der Waals surface area (Å²) in [6.07, 6.45) is 15.5. The quantitative estimate of drug-likeness (QED) is 0.320. The first-order chi connectivity index (χ1) is 11.7. The second-order valence-corrected chi connectivity index (χ2v) is 6.81. The fraction of sp³-hybridized carbons (Fsp3) is 0.478. The normalized spacial score (nSPS) is 20.6. The molecule has 1 aliphatic carbocycles. The van der Waals surface area contributed by atoms with E-state index in [2.05, 4.69) is 37.5 Å². The Morgan fingerprint density at radius 1 is 1.17 bits per heavy atom. The van der Waals surface area contributed by atoms with Crippen LogP contribution in [0.4, 0.5) is 4.39 Å². The van der Waals surface area contributed by atoms with Gasteiger partial charge in [-0.05, 0) is 74.1 Å². The van der Waals surface area contributed by atoms with Gasteiger partial charge in [0.1, 0.15) is 5.82 Å². The fourth-order valence-electron chi connectivity index (χ4n) is 3.27. The van der Waals surface area contributed by atoms with E-state index in [9.17, 15) is 4.39 Å². The van der Waals surface area contributed by atoms with Crippen molar-refractivity contribution >= 4 is 0 Å². The van der Waals surface area contributed by atoms with Crippen molar-refractivity contribution in [1.29, 1.82) is 0 Å². The van der Waals surface area contributed by atoms with Gasteiger partial charge in [0.05, 0.1) is 5.56 Å². The largest absolute Gasteiger partial charge is 0.206 e. The van der Waals surface area contributed by atoms with Gasteiger partial charge >= 0.3 is 0 Å². The molecule has 1 aromatic rings. The van der Waals surface area contributed by atoms with Gasteiger partial charge in [0, 0.05) is 0 Å². The van der Waals surface area contributed by atoms with Crippen LogP contribution in [0, 0.1) is 29.5 Å². The van der Waals surface area contributed by atoms with Gasteiger partial charge in [-0.3, -0.25) is 0 Å². The van der Waals surface area contributed by atoms with Crippen LogP contribution in [-0.2, 0) is 6.42 Å². The smallest absolute Gasteiger partial charge is 0.139 e. The second kappa shape index (κ2) is 10.1. The van der Waals surface area contributed by atoms with E-state index in [0.717, 1.165) is 18.4 Å². The number of hydrogen-bond donors (Lipinski definition) is 0. The van der Waals surface area contributed by atoms with Crippen molar-refractivity contribution in [2.75, 3.05) is 0 Å². The van der Waals surface area contributed by atoms with Crippen molar-refractivity contribution in [3.05, 3.63) is 60.0 Å². The minimum absolute atomic E-state index is 0.198. The minimum Gasteiger partial charge on any atom is -0.206 e. The monoisotopic (exact) mass is 324 g/mol. The van der Waals surface area contributed by atoms with E-state index in [4.69, 9.17) is 0 Å². The van der Waals surface area contributed by atoms with Crippen molar-refractivity contribution in [3.8, 4) is 11.8 Å². The lowest BCUT2D eigenvalue weighted by atomic mass is 9.82. The first-order valence-electron chi connectivity index (χ1n) is 9.32. The molecule has 0 saturated heterocycles. The fourth-order valence-corrected chi connectivity index (χ4v) is 3.27. The molecule has 0 radical (unpaired) electrons. The maximum atomic E-state index is 14.1. The number of halogens is 1. The molecule has 0 unspecified atom stereocenters. The van der Waals surface area contributed by atoms with Gasteiger partial charge in [-0.1, -0.05) is 49.8 Å². The van der Waals surface area contributed by atoms with Gasteiger partial charge in [-0.25, -0.2) is 4.39 Å². The number of hydrogen-bond acceptors (Lipinski definition) is 0. The third-order valence-corrected chi connectivity index (χ3v) is 4.91. The summed E-state index contributed by atoms with van der Waals surface area (Å²) in [7, 11) is 0. The number of aryl methyl sites for hydroxylation is 1. The molecule has 1 saturated carbocycles. The predicted molar refractivity (Wildman–Crippen MR) is 101 cm³/mol. The summed E-state index contributed by atoms with van der Waals surface area (Å²) in [5.41, 5.74) is 1.57. The van der Waals surface area contributed by atoms with Crippen LogP contribution in [0.15, 0.2) is 43.0 Å². The Hall–Kier alpha value is -1.81. The highest BCUT2D eigenvalue weighted by Gasteiger charge is 2.16. The number of rotatable bonds is 6.